The van der Waals surface area contributed by atoms with E-state index in [4.69, 9.17) is 0 Å². The number of carbonyl (C=O) groups excluding carboxylic acids is 2. The maximum atomic E-state index is 11.9. The molecule has 0 saturated heterocycles. The molecule has 3 N–H and O–H groups in total. The normalized spacial score (nSPS) is 19.1. The fourth-order valence-electron chi connectivity index (χ4n) is 2.95. The van der Waals surface area contributed by atoms with Gasteiger partial charge in [-0.2, -0.15) is 0 Å². The zero-order chi connectivity index (χ0) is 15.0. The number of imide groups is 1. The molecule has 0 spiro atoms. The van der Waals surface area contributed by atoms with Gasteiger partial charge in [0, 0.05) is 12.6 Å². The summed E-state index contributed by atoms with van der Waals surface area (Å²) in [5, 5.41) is 8.32. The maximum absolute atomic E-state index is 11.9. The van der Waals surface area contributed by atoms with Gasteiger partial charge in [-0.1, -0.05) is 26.2 Å². The number of nitrogens with one attached hydrogen (secondary N) is 3. The molecule has 3 amide bonds. The minimum Gasteiger partial charge on any atom is -0.338 e. The van der Waals surface area contributed by atoms with E-state index < -0.39 is 6.03 Å². The van der Waals surface area contributed by atoms with Crippen molar-refractivity contribution in [3.63, 3.8) is 0 Å². The molecule has 20 heavy (non-hydrogen) atoms. The van der Waals surface area contributed by atoms with Crippen LogP contribution in [0.2, 0.25) is 0 Å². The Balaban J connectivity index is 2.42. The topological polar surface area (TPSA) is 70.2 Å². The molecular weight excluding hydrogens is 254 g/mol. The summed E-state index contributed by atoms with van der Waals surface area (Å²) in [6, 6.07) is -0.397. The van der Waals surface area contributed by atoms with Crippen molar-refractivity contribution in [2.75, 3.05) is 6.54 Å². The first-order valence-electron chi connectivity index (χ1n) is 7.93. The summed E-state index contributed by atoms with van der Waals surface area (Å²) >= 11 is 0. The van der Waals surface area contributed by atoms with Crippen molar-refractivity contribution in [1.82, 2.24) is 16.0 Å². The van der Waals surface area contributed by atoms with Gasteiger partial charge in [0.25, 0.3) is 0 Å². The second kappa shape index (κ2) is 8.95. The van der Waals surface area contributed by atoms with Crippen molar-refractivity contribution in [2.24, 2.45) is 5.92 Å². The van der Waals surface area contributed by atoms with E-state index in [2.05, 4.69) is 22.9 Å². The third kappa shape index (κ3) is 5.49. The first-order chi connectivity index (χ1) is 9.58. The fourth-order valence-corrected chi connectivity index (χ4v) is 2.95. The first-order valence-corrected chi connectivity index (χ1v) is 7.93. The molecule has 0 heterocycles. The Kier molecular flexibility index (Phi) is 7.59. The van der Waals surface area contributed by atoms with Crippen LogP contribution in [0.25, 0.3) is 0 Å². The van der Waals surface area contributed by atoms with Gasteiger partial charge < -0.3 is 10.6 Å². The quantitative estimate of drug-likeness (QED) is 0.699. The molecule has 5 heteroatoms. The summed E-state index contributed by atoms with van der Waals surface area (Å²) in [4.78, 5) is 23.3. The third-order valence-electron chi connectivity index (χ3n) is 4.09. The molecule has 2 unspecified atom stereocenters. The van der Waals surface area contributed by atoms with Gasteiger partial charge in [0.05, 0.1) is 6.04 Å². The van der Waals surface area contributed by atoms with Crippen molar-refractivity contribution < 1.29 is 9.59 Å². The number of amides is 3. The van der Waals surface area contributed by atoms with Crippen molar-refractivity contribution >= 4 is 11.9 Å². The van der Waals surface area contributed by atoms with E-state index in [9.17, 15) is 9.59 Å². The van der Waals surface area contributed by atoms with E-state index in [0.717, 1.165) is 6.42 Å². The van der Waals surface area contributed by atoms with E-state index in [1.807, 2.05) is 13.8 Å². The van der Waals surface area contributed by atoms with Crippen LogP contribution in [0.15, 0.2) is 0 Å². The van der Waals surface area contributed by atoms with Gasteiger partial charge in [-0.05, 0) is 39.0 Å². The molecule has 116 valence electrons. The van der Waals surface area contributed by atoms with Crippen molar-refractivity contribution in [1.29, 1.82) is 0 Å². The van der Waals surface area contributed by atoms with Crippen LogP contribution in [-0.2, 0) is 4.79 Å². The van der Waals surface area contributed by atoms with Crippen LogP contribution in [-0.4, -0.2) is 30.6 Å². The van der Waals surface area contributed by atoms with Crippen LogP contribution >= 0.6 is 0 Å². The van der Waals surface area contributed by atoms with E-state index >= 15 is 0 Å². The monoisotopic (exact) mass is 283 g/mol. The number of hydrogen-bond donors (Lipinski definition) is 3. The largest absolute Gasteiger partial charge is 0.338 e. The van der Waals surface area contributed by atoms with Crippen molar-refractivity contribution in [2.45, 2.75) is 71.4 Å². The zero-order valence-electron chi connectivity index (χ0n) is 13.0. The highest BCUT2D eigenvalue weighted by atomic mass is 16.2. The van der Waals surface area contributed by atoms with E-state index in [1.54, 1.807) is 0 Å². The molecule has 0 aromatic rings. The maximum Gasteiger partial charge on any atom is 0.321 e. The minimum atomic E-state index is -0.420. The molecule has 0 radical (unpaired) electrons. The average molecular weight is 283 g/mol. The molecule has 1 aliphatic rings. The third-order valence-corrected chi connectivity index (χ3v) is 4.09. The van der Waals surface area contributed by atoms with Gasteiger partial charge in [0.15, 0.2) is 0 Å². The van der Waals surface area contributed by atoms with Crippen LogP contribution in [0.1, 0.15) is 59.3 Å². The lowest BCUT2D eigenvalue weighted by atomic mass is 9.82. The lowest BCUT2D eigenvalue weighted by molar-refractivity contribution is -0.122. The van der Waals surface area contributed by atoms with Crippen molar-refractivity contribution in [3.8, 4) is 0 Å². The van der Waals surface area contributed by atoms with Gasteiger partial charge in [-0.15, -0.1) is 0 Å². The van der Waals surface area contributed by atoms with Crippen LogP contribution in [0.4, 0.5) is 4.79 Å². The van der Waals surface area contributed by atoms with Gasteiger partial charge in [0.2, 0.25) is 5.91 Å². The molecule has 2 atom stereocenters. The first kappa shape index (κ1) is 17.0. The SMILES string of the molecule is CCNC(=O)NC(=O)C(C)NC(CC)C1CCCCC1. The number of hydrogen-bond acceptors (Lipinski definition) is 3. The molecule has 0 aromatic carbocycles. The summed E-state index contributed by atoms with van der Waals surface area (Å²) in [6.07, 6.45) is 7.43. The Labute approximate surface area is 122 Å². The molecule has 0 bridgehead atoms. The lowest BCUT2D eigenvalue weighted by Crippen LogP contribution is -2.52. The fraction of sp³-hybridized carbons (Fsp3) is 0.867. The summed E-state index contributed by atoms with van der Waals surface area (Å²) in [7, 11) is 0. The van der Waals surface area contributed by atoms with Crippen molar-refractivity contribution in [3.05, 3.63) is 0 Å². The highest BCUT2D eigenvalue weighted by Crippen LogP contribution is 2.27. The molecule has 1 saturated carbocycles. The summed E-state index contributed by atoms with van der Waals surface area (Å²) < 4.78 is 0. The summed E-state index contributed by atoms with van der Waals surface area (Å²) in [6.45, 7) is 6.31. The Morgan fingerprint density at radius 3 is 2.35 bits per heavy atom. The predicted molar refractivity (Wildman–Crippen MR) is 80.5 cm³/mol. The van der Waals surface area contributed by atoms with Crippen LogP contribution in [0.3, 0.4) is 0 Å². The molecule has 5 nitrogen and oxygen atoms in total. The van der Waals surface area contributed by atoms with Gasteiger partial charge >= 0.3 is 6.03 Å². The number of carbonyl (C=O) groups is 2. The van der Waals surface area contributed by atoms with Crippen LogP contribution < -0.4 is 16.0 Å². The van der Waals surface area contributed by atoms with Gasteiger partial charge in [-0.25, -0.2) is 4.79 Å². The van der Waals surface area contributed by atoms with Crippen LogP contribution in [0, 0.1) is 5.92 Å². The molecule has 1 rings (SSSR count). The summed E-state index contributed by atoms with van der Waals surface area (Å²) in [5.74, 6) is 0.402. The Bertz CT molecular complexity index is 314. The number of urea groups is 1. The van der Waals surface area contributed by atoms with Gasteiger partial charge in [0.1, 0.15) is 0 Å². The second-order valence-corrected chi connectivity index (χ2v) is 5.65. The lowest BCUT2D eigenvalue weighted by Gasteiger charge is -2.32. The Hall–Kier alpha value is -1.10. The molecule has 0 aliphatic heterocycles. The molecule has 1 aliphatic carbocycles. The number of rotatable bonds is 6. The zero-order valence-corrected chi connectivity index (χ0v) is 13.0. The van der Waals surface area contributed by atoms with Gasteiger partial charge in [-0.3, -0.25) is 10.1 Å². The van der Waals surface area contributed by atoms with E-state index in [1.165, 1.54) is 32.1 Å². The highest BCUT2D eigenvalue weighted by molar-refractivity contribution is 5.96. The molecular formula is C15H29N3O2. The Morgan fingerprint density at radius 1 is 1.15 bits per heavy atom. The molecule has 0 aromatic heterocycles. The predicted octanol–water partition coefficient (Wildman–Crippen LogP) is 2.17. The second-order valence-electron chi connectivity index (χ2n) is 5.65. The Morgan fingerprint density at radius 2 is 1.80 bits per heavy atom. The summed E-state index contributed by atoms with van der Waals surface area (Å²) in [5.41, 5.74) is 0. The van der Waals surface area contributed by atoms with E-state index in [0.29, 0.717) is 18.5 Å². The average Bonchev–Trinajstić information content (AvgIpc) is 2.45. The van der Waals surface area contributed by atoms with E-state index in [-0.39, 0.29) is 11.9 Å². The standard InChI is InChI=1S/C15H29N3O2/c1-4-13(12-9-7-6-8-10-12)17-11(3)14(19)18-15(20)16-5-2/h11-13,17H,4-10H2,1-3H3,(H2,16,18,19,20). The van der Waals surface area contributed by atoms with Crippen LogP contribution in [0.5, 0.6) is 0 Å². The molecule has 1 fully saturated rings. The minimum absolute atomic E-state index is 0.259. The smallest absolute Gasteiger partial charge is 0.321 e. The highest BCUT2D eigenvalue weighted by Gasteiger charge is 2.25.